The summed E-state index contributed by atoms with van der Waals surface area (Å²) in [4.78, 5) is 0. The van der Waals surface area contributed by atoms with E-state index in [0.29, 0.717) is 6.54 Å². The lowest BCUT2D eigenvalue weighted by molar-refractivity contribution is 0.126. The molecule has 0 amide bonds. The molecule has 5 heteroatoms. The van der Waals surface area contributed by atoms with Crippen molar-refractivity contribution in [3.05, 3.63) is 59.2 Å². The number of aliphatic hydroxyl groups is 1. The summed E-state index contributed by atoms with van der Waals surface area (Å²) < 4.78 is 5.73. The first kappa shape index (κ1) is 24.2. The lowest BCUT2D eigenvalue weighted by Crippen LogP contribution is -2.22. The molecule has 5 N–H and O–H groups in total. The first-order valence-corrected chi connectivity index (χ1v) is 11.2. The summed E-state index contributed by atoms with van der Waals surface area (Å²) in [7, 11) is 0. The Morgan fingerprint density at radius 3 is 2.37 bits per heavy atom. The van der Waals surface area contributed by atoms with Crippen LogP contribution in [-0.4, -0.2) is 36.5 Å². The van der Waals surface area contributed by atoms with E-state index in [1.165, 1.54) is 18.4 Å². The van der Waals surface area contributed by atoms with Crippen LogP contribution in [0.4, 0.5) is 5.69 Å². The number of aryl methyl sites for hydroxylation is 2. The molecule has 0 fully saturated rings. The molecule has 0 aliphatic heterocycles. The van der Waals surface area contributed by atoms with Crippen LogP contribution < -0.4 is 11.1 Å². The van der Waals surface area contributed by atoms with Crippen LogP contribution in [0.3, 0.4) is 0 Å². The van der Waals surface area contributed by atoms with Gasteiger partial charge in [0.2, 0.25) is 0 Å². The molecule has 1 atom stereocenters. The minimum absolute atomic E-state index is 0.265. The number of aromatic hydroxyl groups is 1. The molecule has 0 aliphatic rings. The lowest BCUT2D eigenvalue weighted by Gasteiger charge is -2.13. The number of unbranched alkanes of at least 4 members (excludes halogenated alkanes) is 4. The van der Waals surface area contributed by atoms with E-state index in [9.17, 15) is 10.2 Å². The largest absolute Gasteiger partial charge is 0.508 e. The van der Waals surface area contributed by atoms with E-state index < -0.39 is 6.10 Å². The second kappa shape index (κ2) is 14.0. The summed E-state index contributed by atoms with van der Waals surface area (Å²) in [5.41, 5.74) is 9.48. The van der Waals surface area contributed by atoms with Gasteiger partial charge in [-0.25, -0.2) is 0 Å². The van der Waals surface area contributed by atoms with Crippen molar-refractivity contribution in [2.75, 3.05) is 32.0 Å². The number of anilines is 1. The van der Waals surface area contributed by atoms with E-state index >= 15 is 0 Å². The van der Waals surface area contributed by atoms with Gasteiger partial charge in [-0.3, -0.25) is 0 Å². The third-order valence-electron chi connectivity index (χ3n) is 5.32. The Balaban J connectivity index is 1.37. The molecule has 30 heavy (non-hydrogen) atoms. The van der Waals surface area contributed by atoms with Gasteiger partial charge in [0.1, 0.15) is 5.75 Å². The Kier molecular flexibility index (Phi) is 11.3. The van der Waals surface area contributed by atoms with E-state index in [1.807, 2.05) is 25.1 Å². The summed E-state index contributed by atoms with van der Waals surface area (Å²) in [6.07, 6.45) is 7.32. The van der Waals surface area contributed by atoms with Crippen LogP contribution in [-0.2, 0) is 11.2 Å². The average molecular weight is 415 g/mol. The SMILES string of the molecule is Cc1cc(C(O)CNCCCCCCOCCCCc2ccc(N)cc2)ccc1O. The smallest absolute Gasteiger partial charge is 0.118 e. The number of rotatable bonds is 15. The second-order valence-electron chi connectivity index (χ2n) is 7.99. The van der Waals surface area contributed by atoms with Gasteiger partial charge < -0.3 is 26.0 Å². The van der Waals surface area contributed by atoms with Crippen molar-refractivity contribution in [3.8, 4) is 5.75 Å². The Labute approximate surface area is 181 Å². The van der Waals surface area contributed by atoms with Crippen molar-refractivity contribution < 1.29 is 14.9 Å². The Morgan fingerprint density at radius 1 is 0.933 bits per heavy atom. The van der Waals surface area contributed by atoms with Crippen molar-refractivity contribution in [1.82, 2.24) is 5.32 Å². The van der Waals surface area contributed by atoms with E-state index in [-0.39, 0.29) is 5.75 Å². The van der Waals surface area contributed by atoms with Crippen LogP contribution in [0.25, 0.3) is 0 Å². The van der Waals surface area contributed by atoms with Gasteiger partial charge in [-0.15, -0.1) is 0 Å². The number of aliphatic hydroxyl groups excluding tert-OH is 1. The molecule has 0 heterocycles. The number of hydrogen-bond acceptors (Lipinski definition) is 5. The monoisotopic (exact) mass is 414 g/mol. The van der Waals surface area contributed by atoms with Crippen molar-refractivity contribution in [1.29, 1.82) is 0 Å². The molecular weight excluding hydrogens is 376 g/mol. The van der Waals surface area contributed by atoms with Crippen LogP contribution in [0.15, 0.2) is 42.5 Å². The maximum atomic E-state index is 10.2. The molecule has 2 aromatic rings. The molecule has 1 unspecified atom stereocenters. The first-order chi connectivity index (χ1) is 14.6. The van der Waals surface area contributed by atoms with Crippen LogP contribution >= 0.6 is 0 Å². The summed E-state index contributed by atoms with van der Waals surface area (Å²) in [6.45, 7) is 4.95. The minimum Gasteiger partial charge on any atom is -0.508 e. The molecule has 5 nitrogen and oxygen atoms in total. The van der Waals surface area contributed by atoms with Crippen LogP contribution in [0.1, 0.15) is 61.3 Å². The maximum Gasteiger partial charge on any atom is 0.118 e. The van der Waals surface area contributed by atoms with Gasteiger partial charge in [0.05, 0.1) is 6.10 Å². The highest BCUT2D eigenvalue weighted by Crippen LogP contribution is 2.21. The fourth-order valence-corrected chi connectivity index (χ4v) is 3.37. The highest BCUT2D eigenvalue weighted by molar-refractivity contribution is 5.39. The molecule has 0 bridgehead atoms. The zero-order chi connectivity index (χ0) is 21.6. The summed E-state index contributed by atoms with van der Waals surface area (Å²) in [5.74, 6) is 0.265. The van der Waals surface area contributed by atoms with Gasteiger partial charge in [0.15, 0.2) is 0 Å². The molecule has 2 rings (SSSR count). The van der Waals surface area contributed by atoms with Gasteiger partial charge in [-0.1, -0.05) is 31.0 Å². The van der Waals surface area contributed by atoms with Gasteiger partial charge in [-0.05, 0) is 86.5 Å². The van der Waals surface area contributed by atoms with E-state index in [2.05, 4.69) is 17.4 Å². The summed E-state index contributed by atoms with van der Waals surface area (Å²) >= 11 is 0. The van der Waals surface area contributed by atoms with E-state index in [0.717, 1.165) is 68.7 Å². The molecule has 0 spiro atoms. The predicted octanol–water partition coefficient (Wildman–Crippen LogP) is 4.51. The molecule has 0 aliphatic carbocycles. The van der Waals surface area contributed by atoms with Crippen LogP contribution in [0.5, 0.6) is 5.75 Å². The molecule has 0 saturated carbocycles. The predicted molar refractivity (Wildman–Crippen MR) is 124 cm³/mol. The molecule has 2 aromatic carbocycles. The number of nitrogen functional groups attached to an aromatic ring is 1. The standard InChI is InChI=1S/C25H38N2O3/c1-20-18-22(11-14-24(20)28)25(29)19-27-15-5-2-3-6-16-30-17-7-4-8-21-9-12-23(26)13-10-21/h9-14,18,25,27-29H,2-8,15-17,19,26H2,1H3. The van der Waals surface area contributed by atoms with Crippen molar-refractivity contribution in [3.63, 3.8) is 0 Å². The highest BCUT2D eigenvalue weighted by atomic mass is 16.5. The Morgan fingerprint density at radius 2 is 1.63 bits per heavy atom. The normalized spacial score (nSPS) is 12.2. The molecule has 0 saturated heterocycles. The number of nitrogens with one attached hydrogen (secondary N) is 1. The second-order valence-corrected chi connectivity index (χ2v) is 7.99. The third kappa shape index (κ3) is 9.61. The quantitative estimate of drug-likeness (QED) is 0.254. The number of phenols is 1. The maximum absolute atomic E-state index is 10.2. The minimum atomic E-state index is -0.544. The fraction of sp³-hybridized carbons (Fsp3) is 0.520. The molecule has 166 valence electrons. The van der Waals surface area contributed by atoms with E-state index in [1.54, 1.807) is 12.1 Å². The average Bonchev–Trinajstić information content (AvgIpc) is 2.74. The van der Waals surface area contributed by atoms with Gasteiger partial charge in [0.25, 0.3) is 0 Å². The van der Waals surface area contributed by atoms with Gasteiger partial charge >= 0.3 is 0 Å². The van der Waals surface area contributed by atoms with Crippen molar-refractivity contribution >= 4 is 5.69 Å². The van der Waals surface area contributed by atoms with E-state index in [4.69, 9.17) is 10.5 Å². The zero-order valence-corrected chi connectivity index (χ0v) is 18.3. The number of hydrogen-bond donors (Lipinski definition) is 4. The fourth-order valence-electron chi connectivity index (χ4n) is 3.37. The topological polar surface area (TPSA) is 87.7 Å². The molecular formula is C25H38N2O3. The molecule has 0 aromatic heterocycles. The first-order valence-electron chi connectivity index (χ1n) is 11.2. The van der Waals surface area contributed by atoms with Crippen molar-refractivity contribution in [2.24, 2.45) is 0 Å². The number of ether oxygens (including phenoxy) is 1. The zero-order valence-electron chi connectivity index (χ0n) is 18.3. The van der Waals surface area contributed by atoms with Gasteiger partial charge in [-0.2, -0.15) is 0 Å². The number of phenolic OH excluding ortho intramolecular Hbond substituents is 1. The Bertz CT molecular complexity index is 719. The number of benzene rings is 2. The van der Waals surface area contributed by atoms with Crippen molar-refractivity contribution in [2.45, 2.75) is 58.0 Å². The number of nitrogens with two attached hydrogens (primary N) is 1. The summed E-state index contributed by atoms with van der Waals surface area (Å²) in [5, 5.41) is 23.1. The lowest BCUT2D eigenvalue weighted by atomic mass is 10.1. The van der Waals surface area contributed by atoms with Crippen LogP contribution in [0, 0.1) is 6.92 Å². The van der Waals surface area contributed by atoms with Gasteiger partial charge in [0, 0.05) is 25.4 Å². The van der Waals surface area contributed by atoms with Crippen LogP contribution in [0.2, 0.25) is 0 Å². The molecule has 0 radical (unpaired) electrons. The Hall–Kier alpha value is -2.08. The highest BCUT2D eigenvalue weighted by Gasteiger charge is 2.08. The third-order valence-corrected chi connectivity index (χ3v) is 5.32. The summed E-state index contributed by atoms with van der Waals surface area (Å²) in [6, 6.07) is 13.3.